The maximum absolute atomic E-state index is 12.7. The van der Waals surface area contributed by atoms with Crippen molar-refractivity contribution < 1.29 is 19.6 Å². The molecule has 0 saturated carbocycles. The van der Waals surface area contributed by atoms with Gasteiger partial charge in [0, 0.05) is 11.1 Å². The van der Waals surface area contributed by atoms with Crippen molar-refractivity contribution in [2.24, 2.45) is 0 Å². The van der Waals surface area contributed by atoms with Crippen LogP contribution in [0.5, 0.6) is 11.5 Å². The predicted octanol–water partition coefficient (Wildman–Crippen LogP) is 3.60. The first kappa shape index (κ1) is 21.9. The highest BCUT2D eigenvalue weighted by Gasteiger charge is 2.21. The second-order valence-electron chi connectivity index (χ2n) is 7.24. The average molecular weight is 426 g/mol. The van der Waals surface area contributed by atoms with Gasteiger partial charge in [-0.05, 0) is 43.5 Å². The quantitative estimate of drug-likeness (QED) is 0.551. The van der Waals surface area contributed by atoms with E-state index in [4.69, 9.17) is 9.47 Å². The molecule has 0 fully saturated rings. The summed E-state index contributed by atoms with van der Waals surface area (Å²) < 4.78 is 10.8. The number of ether oxygens (including phenoxy) is 2. The number of thiophene rings is 1. The van der Waals surface area contributed by atoms with E-state index in [1.165, 1.54) is 16.0 Å². The maximum atomic E-state index is 12.7. The molecule has 158 valence electrons. The second-order valence-corrected chi connectivity index (χ2v) is 8.22. The Bertz CT molecular complexity index is 955. The highest BCUT2D eigenvalue weighted by atomic mass is 32.1. The Morgan fingerprint density at radius 3 is 2.50 bits per heavy atom. The Kier molecular flexibility index (Phi) is 7.49. The fraction of sp³-hybridized carbons (Fsp3) is 0.292. The summed E-state index contributed by atoms with van der Waals surface area (Å²) in [5, 5.41) is 7.24. The molecule has 0 saturated heterocycles. The number of methoxy groups -OCH3 is 2. The van der Waals surface area contributed by atoms with Crippen LogP contribution in [0.3, 0.4) is 0 Å². The SMILES string of the molecule is COc1ccc(OC)c([C@H](C)NC(=O)C[NH2+][C@@H](c2ccc(C)cc2)c2cccs2)c1. The monoisotopic (exact) mass is 425 g/mol. The van der Waals surface area contributed by atoms with Gasteiger partial charge in [-0.25, -0.2) is 0 Å². The van der Waals surface area contributed by atoms with Crippen LogP contribution in [0.25, 0.3) is 0 Å². The molecule has 0 unspecified atom stereocenters. The number of amides is 1. The molecule has 2 atom stereocenters. The van der Waals surface area contributed by atoms with Crippen molar-refractivity contribution in [1.29, 1.82) is 0 Å². The van der Waals surface area contributed by atoms with Crippen molar-refractivity contribution in [3.63, 3.8) is 0 Å². The van der Waals surface area contributed by atoms with Crippen LogP contribution >= 0.6 is 11.3 Å². The number of benzene rings is 2. The highest BCUT2D eigenvalue weighted by molar-refractivity contribution is 7.10. The van der Waals surface area contributed by atoms with Gasteiger partial charge in [0.05, 0.1) is 25.1 Å². The molecule has 3 N–H and O–H groups in total. The number of nitrogens with one attached hydrogen (secondary N) is 1. The standard InChI is InChI=1S/C24H28N2O3S/c1-16-7-9-18(10-8-16)24(22-6-5-13-30-22)25-15-23(27)26-17(2)20-14-19(28-3)11-12-21(20)29-4/h5-14,17,24-25H,15H2,1-4H3,(H,26,27)/p+1/t17-,24-/m0/s1. The molecule has 0 radical (unpaired) electrons. The summed E-state index contributed by atoms with van der Waals surface area (Å²) in [6.45, 7) is 4.36. The minimum atomic E-state index is -0.199. The summed E-state index contributed by atoms with van der Waals surface area (Å²) in [6, 6.07) is 18.2. The summed E-state index contributed by atoms with van der Waals surface area (Å²) in [5.74, 6) is 1.43. The molecule has 0 spiro atoms. The number of carbonyl (C=O) groups excluding carboxylic acids is 1. The van der Waals surface area contributed by atoms with Crippen LogP contribution in [0.4, 0.5) is 0 Å². The average Bonchev–Trinajstić information content (AvgIpc) is 3.29. The zero-order valence-corrected chi connectivity index (χ0v) is 18.7. The molecule has 1 amide bonds. The molecule has 3 rings (SSSR count). The van der Waals surface area contributed by atoms with Gasteiger partial charge >= 0.3 is 0 Å². The van der Waals surface area contributed by atoms with E-state index < -0.39 is 0 Å². The molecule has 6 heteroatoms. The normalized spacial score (nSPS) is 12.8. The van der Waals surface area contributed by atoms with Crippen molar-refractivity contribution in [3.05, 3.63) is 81.5 Å². The van der Waals surface area contributed by atoms with E-state index in [9.17, 15) is 4.79 Å². The molecular weight excluding hydrogens is 396 g/mol. The van der Waals surface area contributed by atoms with E-state index in [0.29, 0.717) is 6.54 Å². The lowest BCUT2D eigenvalue weighted by molar-refractivity contribution is -0.676. The van der Waals surface area contributed by atoms with Gasteiger partial charge in [-0.15, -0.1) is 11.3 Å². The Labute approximate surface area is 182 Å². The van der Waals surface area contributed by atoms with Gasteiger partial charge in [-0.1, -0.05) is 35.9 Å². The van der Waals surface area contributed by atoms with Crippen molar-refractivity contribution in [1.82, 2.24) is 5.32 Å². The van der Waals surface area contributed by atoms with Gasteiger partial charge in [-0.3, -0.25) is 4.79 Å². The molecule has 1 heterocycles. The molecule has 1 aromatic heterocycles. The van der Waals surface area contributed by atoms with Gasteiger partial charge in [-0.2, -0.15) is 0 Å². The van der Waals surface area contributed by atoms with Crippen LogP contribution in [0.2, 0.25) is 0 Å². The lowest BCUT2D eigenvalue weighted by Gasteiger charge is -2.19. The van der Waals surface area contributed by atoms with E-state index in [0.717, 1.165) is 17.1 Å². The van der Waals surface area contributed by atoms with Crippen molar-refractivity contribution in [3.8, 4) is 11.5 Å². The van der Waals surface area contributed by atoms with Crippen LogP contribution < -0.4 is 20.1 Å². The zero-order valence-electron chi connectivity index (χ0n) is 17.8. The Morgan fingerprint density at radius 1 is 1.10 bits per heavy atom. The number of aryl methyl sites for hydroxylation is 1. The largest absolute Gasteiger partial charge is 0.497 e. The summed E-state index contributed by atoms with van der Waals surface area (Å²) >= 11 is 1.71. The van der Waals surface area contributed by atoms with E-state index in [1.807, 2.05) is 31.2 Å². The predicted molar refractivity (Wildman–Crippen MR) is 120 cm³/mol. The van der Waals surface area contributed by atoms with Crippen LogP contribution in [0.15, 0.2) is 60.0 Å². The Balaban J connectivity index is 1.68. The van der Waals surface area contributed by atoms with Gasteiger partial charge in [0.25, 0.3) is 5.91 Å². The summed E-state index contributed by atoms with van der Waals surface area (Å²) in [4.78, 5) is 14.0. The topological polar surface area (TPSA) is 64.2 Å². The molecule has 0 aliphatic heterocycles. The first-order valence-corrected chi connectivity index (χ1v) is 10.8. The van der Waals surface area contributed by atoms with Gasteiger partial charge in [0.1, 0.15) is 17.5 Å². The smallest absolute Gasteiger partial charge is 0.275 e. The number of hydrogen-bond donors (Lipinski definition) is 2. The fourth-order valence-corrected chi connectivity index (χ4v) is 4.29. The lowest BCUT2D eigenvalue weighted by atomic mass is 10.0. The molecule has 30 heavy (non-hydrogen) atoms. The first-order chi connectivity index (χ1) is 14.5. The minimum absolute atomic E-state index is 0.0268. The van der Waals surface area contributed by atoms with E-state index in [2.05, 4.69) is 53.3 Å². The zero-order chi connectivity index (χ0) is 21.5. The summed E-state index contributed by atoms with van der Waals surface area (Å²) in [6.07, 6.45) is 0. The van der Waals surface area contributed by atoms with Crippen LogP contribution in [-0.2, 0) is 4.79 Å². The van der Waals surface area contributed by atoms with Gasteiger partial charge in [0.2, 0.25) is 0 Å². The van der Waals surface area contributed by atoms with Crippen LogP contribution in [0, 0.1) is 6.92 Å². The third kappa shape index (κ3) is 5.40. The number of carbonyl (C=O) groups is 1. The minimum Gasteiger partial charge on any atom is -0.497 e. The van der Waals surface area contributed by atoms with Crippen LogP contribution in [0.1, 0.15) is 40.6 Å². The van der Waals surface area contributed by atoms with Gasteiger partial charge < -0.3 is 20.1 Å². The molecule has 2 aromatic carbocycles. The molecule has 0 bridgehead atoms. The van der Waals surface area contributed by atoms with E-state index in [1.54, 1.807) is 25.6 Å². The van der Waals surface area contributed by atoms with Gasteiger partial charge in [0.15, 0.2) is 6.54 Å². The molecule has 0 aliphatic carbocycles. The summed E-state index contributed by atoms with van der Waals surface area (Å²) in [5.41, 5.74) is 3.30. The summed E-state index contributed by atoms with van der Waals surface area (Å²) in [7, 11) is 3.25. The second kappa shape index (κ2) is 10.3. The number of quaternary nitrogens is 1. The lowest BCUT2D eigenvalue weighted by Crippen LogP contribution is -2.87. The molecule has 5 nitrogen and oxygen atoms in total. The Hall–Kier alpha value is -2.83. The Morgan fingerprint density at radius 2 is 1.87 bits per heavy atom. The van der Waals surface area contributed by atoms with Crippen LogP contribution in [-0.4, -0.2) is 26.7 Å². The maximum Gasteiger partial charge on any atom is 0.275 e. The van der Waals surface area contributed by atoms with Crippen molar-refractivity contribution in [2.75, 3.05) is 20.8 Å². The third-order valence-corrected chi connectivity index (χ3v) is 6.06. The molecule has 0 aliphatic rings. The highest BCUT2D eigenvalue weighted by Crippen LogP contribution is 2.29. The number of nitrogens with two attached hydrogens (primary N) is 1. The third-order valence-electron chi connectivity index (χ3n) is 5.11. The van der Waals surface area contributed by atoms with Crippen molar-refractivity contribution >= 4 is 17.2 Å². The first-order valence-electron chi connectivity index (χ1n) is 9.96. The van der Waals surface area contributed by atoms with E-state index >= 15 is 0 Å². The molecular formula is C24H29N2O3S+. The fourth-order valence-electron chi connectivity index (χ4n) is 3.44. The number of rotatable bonds is 9. The number of hydrogen-bond acceptors (Lipinski definition) is 4. The van der Waals surface area contributed by atoms with Crippen molar-refractivity contribution in [2.45, 2.75) is 25.9 Å². The molecule has 3 aromatic rings. The van der Waals surface area contributed by atoms with E-state index in [-0.39, 0.29) is 18.0 Å².